The van der Waals surface area contributed by atoms with E-state index in [-0.39, 0.29) is 0 Å². The fraction of sp³-hybridized carbons (Fsp3) is 0.167. The van der Waals surface area contributed by atoms with E-state index in [1.54, 1.807) is 0 Å². The number of aryl methyl sites for hydroxylation is 1. The summed E-state index contributed by atoms with van der Waals surface area (Å²) in [5.41, 5.74) is 4.69. The highest BCUT2D eigenvalue weighted by Gasteiger charge is 2.15. The van der Waals surface area contributed by atoms with Gasteiger partial charge in [0.15, 0.2) is 0 Å². The second kappa shape index (κ2) is 5.33. The van der Waals surface area contributed by atoms with Gasteiger partial charge in [0.25, 0.3) is 0 Å². The first-order chi connectivity index (χ1) is 9.81. The van der Waals surface area contributed by atoms with Crippen molar-refractivity contribution >= 4 is 0 Å². The molecule has 2 nitrogen and oxygen atoms in total. The van der Waals surface area contributed by atoms with Gasteiger partial charge < -0.3 is 4.57 Å². The molecule has 0 bridgehead atoms. The zero-order valence-electron chi connectivity index (χ0n) is 11.9. The zero-order chi connectivity index (χ0) is 13.9. The van der Waals surface area contributed by atoms with Crippen LogP contribution in [-0.2, 0) is 6.54 Å². The summed E-state index contributed by atoms with van der Waals surface area (Å²) < 4.78 is 2.29. The Hall–Kier alpha value is -2.35. The summed E-state index contributed by atoms with van der Waals surface area (Å²) in [5.74, 6) is 1.05. The first-order valence-corrected chi connectivity index (χ1v) is 6.99. The van der Waals surface area contributed by atoms with Gasteiger partial charge in [-0.3, -0.25) is 0 Å². The predicted octanol–water partition coefficient (Wildman–Crippen LogP) is 4.55. The van der Waals surface area contributed by atoms with Gasteiger partial charge in [0.05, 0.1) is 11.4 Å². The standard InChI is InChI=1S/C18H18N2/c1-3-20-17(15-10-6-4-7-11-15)14(2)19-18(20)16-12-8-5-9-13-16/h4-13H,3H2,1-2H3. The second-order valence-electron chi connectivity index (χ2n) is 4.85. The van der Waals surface area contributed by atoms with Crippen molar-refractivity contribution < 1.29 is 0 Å². The highest BCUT2D eigenvalue weighted by molar-refractivity contribution is 5.68. The van der Waals surface area contributed by atoms with Gasteiger partial charge in [0, 0.05) is 17.7 Å². The monoisotopic (exact) mass is 262 g/mol. The summed E-state index contributed by atoms with van der Waals surface area (Å²) in [6.45, 7) is 5.16. The van der Waals surface area contributed by atoms with Gasteiger partial charge in [0.1, 0.15) is 5.82 Å². The molecule has 0 unspecified atom stereocenters. The van der Waals surface area contributed by atoms with E-state index in [9.17, 15) is 0 Å². The van der Waals surface area contributed by atoms with Crippen molar-refractivity contribution in [1.82, 2.24) is 9.55 Å². The van der Waals surface area contributed by atoms with Gasteiger partial charge in [-0.1, -0.05) is 60.7 Å². The molecule has 0 radical (unpaired) electrons. The number of benzene rings is 2. The third kappa shape index (κ3) is 2.14. The summed E-state index contributed by atoms with van der Waals surface area (Å²) in [4.78, 5) is 4.79. The first kappa shape index (κ1) is 12.7. The molecule has 2 heteroatoms. The Morgan fingerprint density at radius 1 is 0.850 bits per heavy atom. The molecule has 1 aromatic heterocycles. The second-order valence-corrected chi connectivity index (χ2v) is 4.85. The van der Waals surface area contributed by atoms with E-state index in [2.05, 4.69) is 66.9 Å². The molecule has 1 heterocycles. The van der Waals surface area contributed by atoms with Crippen LogP contribution in [0.2, 0.25) is 0 Å². The molecule has 3 aromatic rings. The Morgan fingerprint density at radius 3 is 1.95 bits per heavy atom. The molecule has 0 saturated carbocycles. The average Bonchev–Trinajstić information content (AvgIpc) is 2.85. The Labute approximate surface area is 119 Å². The van der Waals surface area contributed by atoms with Crippen molar-refractivity contribution in [3.05, 3.63) is 66.4 Å². The Balaban J connectivity index is 2.21. The summed E-state index contributed by atoms with van der Waals surface area (Å²) in [6.07, 6.45) is 0. The van der Waals surface area contributed by atoms with Crippen LogP contribution >= 0.6 is 0 Å². The predicted molar refractivity (Wildman–Crippen MR) is 83.5 cm³/mol. The van der Waals surface area contributed by atoms with Crippen LogP contribution in [0.15, 0.2) is 60.7 Å². The van der Waals surface area contributed by atoms with Gasteiger partial charge in [-0.25, -0.2) is 4.98 Å². The molecule has 0 saturated heterocycles. The molecule has 0 spiro atoms. The summed E-state index contributed by atoms with van der Waals surface area (Å²) >= 11 is 0. The Morgan fingerprint density at radius 2 is 1.40 bits per heavy atom. The molecule has 2 aromatic carbocycles. The topological polar surface area (TPSA) is 17.8 Å². The van der Waals surface area contributed by atoms with Crippen molar-refractivity contribution in [1.29, 1.82) is 0 Å². The largest absolute Gasteiger partial charge is 0.324 e. The van der Waals surface area contributed by atoms with Gasteiger partial charge in [-0.15, -0.1) is 0 Å². The van der Waals surface area contributed by atoms with E-state index >= 15 is 0 Å². The lowest BCUT2D eigenvalue weighted by atomic mass is 10.1. The Kier molecular flexibility index (Phi) is 3.38. The highest BCUT2D eigenvalue weighted by Crippen LogP contribution is 2.29. The van der Waals surface area contributed by atoms with Crippen LogP contribution in [0.4, 0.5) is 0 Å². The van der Waals surface area contributed by atoms with E-state index in [4.69, 9.17) is 4.98 Å². The van der Waals surface area contributed by atoms with Crippen molar-refractivity contribution in [2.75, 3.05) is 0 Å². The van der Waals surface area contributed by atoms with Crippen LogP contribution in [0.25, 0.3) is 22.6 Å². The summed E-state index contributed by atoms with van der Waals surface area (Å²) in [5, 5.41) is 0. The minimum absolute atomic E-state index is 0.912. The highest BCUT2D eigenvalue weighted by atomic mass is 15.1. The van der Waals surface area contributed by atoms with Crippen molar-refractivity contribution in [2.24, 2.45) is 0 Å². The molecule has 0 atom stereocenters. The van der Waals surface area contributed by atoms with Crippen molar-refractivity contribution in [3.63, 3.8) is 0 Å². The molecule has 0 amide bonds. The molecule has 0 aliphatic carbocycles. The summed E-state index contributed by atoms with van der Waals surface area (Å²) in [7, 11) is 0. The van der Waals surface area contributed by atoms with E-state index in [1.165, 1.54) is 16.8 Å². The maximum absolute atomic E-state index is 4.79. The number of hydrogen-bond acceptors (Lipinski definition) is 1. The fourth-order valence-corrected chi connectivity index (χ4v) is 2.65. The Bertz CT molecular complexity index is 697. The minimum atomic E-state index is 0.912. The molecular weight excluding hydrogens is 244 g/mol. The van der Waals surface area contributed by atoms with Crippen molar-refractivity contribution in [2.45, 2.75) is 20.4 Å². The van der Waals surface area contributed by atoms with Gasteiger partial charge in [-0.05, 0) is 13.8 Å². The number of imidazole rings is 1. The average molecular weight is 262 g/mol. The number of rotatable bonds is 3. The lowest BCUT2D eigenvalue weighted by Gasteiger charge is -2.10. The van der Waals surface area contributed by atoms with E-state index in [0.29, 0.717) is 0 Å². The molecule has 0 fully saturated rings. The molecular formula is C18H18N2. The van der Waals surface area contributed by atoms with Crippen LogP contribution in [0.5, 0.6) is 0 Å². The first-order valence-electron chi connectivity index (χ1n) is 6.99. The lowest BCUT2D eigenvalue weighted by molar-refractivity contribution is 0.777. The molecule has 3 rings (SSSR count). The molecule has 0 aliphatic rings. The maximum atomic E-state index is 4.79. The third-order valence-corrected chi connectivity index (χ3v) is 3.54. The van der Waals surface area contributed by atoms with Gasteiger partial charge in [0.2, 0.25) is 0 Å². The minimum Gasteiger partial charge on any atom is -0.324 e. The summed E-state index contributed by atoms with van der Waals surface area (Å²) in [6, 6.07) is 20.9. The molecule has 100 valence electrons. The van der Waals surface area contributed by atoms with Crippen LogP contribution in [-0.4, -0.2) is 9.55 Å². The quantitative estimate of drug-likeness (QED) is 0.677. The number of hydrogen-bond donors (Lipinski definition) is 0. The smallest absolute Gasteiger partial charge is 0.140 e. The maximum Gasteiger partial charge on any atom is 0.140 e. The van der Waals surface area contributed by atoms with Gasteiger partial charge in [-0.2, -0.15) is 0 Å². The lowest BCUT2D eigenvalue weighted by Crippen LogP contribution is -2.00. The molecule has 0 aliphatic heterocycles. The van der Waals surface area contributed by atoms with Crippen molar-refractivity contribution in [3.8, 4) is 22.6 Å². The van der Waals surface area contributed by atoms with Crippen LogP contribution in [0.3, 0.4) is 0 Å². The number of nitrogens with zero attached hydrogens (tertiary/aromatic N) is 2. The molecule has 0 N–H and O–H groups in total. The van der Waals surface area contributed by atoms with E-state index < -0.39 is 0 Å². The zero-order valence-corrected chi connectivity index (χ0v) is 11.9. The third-order valence-electron chi connectivity index (χ3n) is 3.54. The fourth-order valence-electron chi connectivity index (χ4n) is 2.65. The normalized spacial score (nSPS) is 10.7. The number of aromatic nitrogens is 2. The van der Waals surface area contributed by atoms with Crippen LogP contribution in [0.1, 0.15) is 12.6 Å². The van der Waals surface area contributed by atoms with E-state index in [1.807, 2.05) is 12.1 Å². The molecule has 20 heavy (non-hydrogen) atoms. The SMILES string of the molecule is CCn1c(-c2ccccc2)nc(C)c1-c1ccccc1. The van der Waals surface area contributed by atoms with Crippen LogP contribution in [0, 0.1) is 6.92 Å². The van der Waals surface area contributed by atoms with E-state index in [0.717, 1.165) is 18.1 Å². The van der Waals surface area contributed by atoms with Crippen LogP contribution < -0.4 is 0 Å². The van der Waals surface area contributed by atoms with Gasteiger partial charge >= 0.3 is 0 Å².